The molecule has 1 fully saturated rings. The van der Waals surface area contributed by atoms with Gasteiger partial charge in [0.15, 0.2) is 0 Å². The largest absolute Gasteiger partial charge is 0.458 e. The van der Waals surface area contributed by atoms with Crippen LogP contribution in [-0.2, 0) is 9.53 Å². The van der Waals surface area contributed by atoms with Gasteiger partial charge in [-0.15, -0.1) is 11.8 Å². The summed E-state index contributed by atoms with van der Waals surface area (Å²) in [6.07, 6.45) is -1.11. The summed E-state index contributed by atoms with van der Waals surface area (Å²) in [5.41, 5.74) is 0. The van der Waals surface area contributed by atoms with Gasteiger partial charge in [0.2, 0.25) is 0 Å². The van der Waals surface area contributed by atoms with E-state index in [1.54, 1.807) is 0 Å². The monoisotopic (exact) mass is 252 g/mol. The van der Waals surface area contributed by atoms with Gasteiger partial charge in [-0.2, -0.15) is 0 Å². The minimum absolute atomic E-state index is 0.135. The van der Waals surface area contributed by atoms with Crippen LogP contribution in [0.3, 0.4) is 0 Å². The van der Waals surface area contributed by atoms with Gasteiger partial charge in [-0.1, -0.05) is 32.0 Å². The van der Waals surface area contributed by atoms with E-state index in [0.717, 1.165) is 4.90 Å². The van der Waals surface area contributed by atoms with E-state index < -0.39 is 11.4 Å². The Morgan fingerprint density at radius 2 is 1.94 bits per heavy atom. The second kappa shape index (κ2) is 5.10. The van der Waals surface area contributed by atoms with Crippen LogP contribution in [0.25, 0.3) is 0 Å². The zero-order valence-corrected chi connectivity index (χ0v) is 10.7. The third-order valence-corrected chi connectivity index (χ3v) is 4.06. The number of carbonyl (C=O) groups excluding carboxylic acids is 1. The topological polar surface area (TPSA) is 46.5 Å². The molecule has 1 heterocycles. The van der Waals surface area contributed by atoms with E-state index in [0.29, 0.717) is 0 Å². The summed E-state index contributed by atoms with van der Waals surface area (Å²) >= 11 is 1.36. The fourth-order valence-electron chi connectivity index (χ4n) is 1.88. The molecule has 92 valence electrons. The molecule has 1 aliphatic rings. The number of thioether (sulfide) groups is 1. The van der Waals surface area contributed by atoms with Gasteiger partial charge in [-0.25, -0.2) is 0 Å². The van der Waals surface area contributed by atoms with Crippen molar-refractivity contribution in [3.05, 3.63) is 30.3 Å². The molecule has 0 radical (unpaired) electrons. The minimum Gasteiger partial charge on any atom is -0.458 e. The third kappa shape index (κ3) is 2.64. The third-order valence-electron chi connectivity index (χ3n) is 2.79. The first-order chi connectivity index (χ1) is 8.09. The predicted molar refractivity (Wildman–Crippen MR) is 66.8 cm³/mol. The Bertz CT molecular complexity index is 391. The lowest BCUT2D eigenvalue weighted by Gasteiger charge is -2.18. The summed E-state index contributed by atoms with van der Waals surface area (Å²) in [4.78, 5) is 12.7. The molecule has 3 nitrogen and oxygen atoms in total. The molecule has 0 saturated carbocycles. The zero-order valence-electron chi connectivity index (χ0n) is 9.87. The Morgan fingerprint density at radius 1 is 1.29 bits per heavy atom. The van der Waals surface area contributed by atoms with Crippen LogP contribution in [0, 0.1) is 5.92 Å². The molecule has 0 aliphatic carbocycles. The van der Waals surface area contributed by atoms with E-state index in [1.807, 2.05) is 44.2 Å². The van der Waals surface area contributed by atoms with Crippen LogP contribution in [0.15, 0.2) is 35.2 Å². The number of hydrogen-bond donors (Lipinski definition) is 1. The van der Waals surface area contributed by atoms with Crippen LogP contribution in [-0.4, -0.2) is 28.5 Å². The Kier molecular flexibility index (Phi) is 3.74. The molecule has 2 rings (SSSR count). The van der Waals surface area contributed by atoms with E-state index in [2.05, 4.69) is 0 Å². The maximum atomic E-state index is 11.7. The number of esters is 1. The first kappa shape index (κ1) is 12.5. The number of aliphatic hydroxyl groups excluding tert-OH is 1. The molecule has 17 heavy (non-hydrogen) atoms. The van der Waals surface area contributed by atoms with Crippen molar-refractivity contribution in [2.24, 2.45) is 5.92 Å². The lowest BCUT2D eigenvalue weighted by atomic mass is 10.0. The van der Waals surface area contributed by atoms with Gasteiger partial charge < -0.3 is 9.84 Å². The summed E-state index contributed by atoms with van der Waals surface area (Å²) in [7, 11) is 0. The quantitative estimate of drug-likeness (QED) is 0.837. The van der Waals surface area contributed by atoms with E-state index in [-0.39, 0.29) is 18.0 Å². The van der Waals surface area contributed by atoms with Crippen LogP contribution in [0.5, 0.6) is 0 Å². The highest BCUT2D eigenvalue weighted by Gasteiger charge is 2.45. The average Bonchev–Trinajstić information content (AvgIpc) is 2.58. The number of rotatable bonds is 3. The van der Waals surface area contributed by atoms with Crippen LogP contribution < -0.4 is 0 Å². The second-order valence-electron chi connectivity index (χ2n) is 4.49. The molecule has 1 N–H and O–H groups in total. The van der Waals surface area contributed by atoms with Crippen molar-refractivity contribution in [3.8, 4) is 0 Å². The number of cyclic esters (lactones) is 1. The van der Waals surface area contributed by atoms with Gasteiger partial charge in [-0.3, -0.25) is 4.79 Å². The van der Waals surface area contributed by atoms with Crippen molar-refractivity contribution in [1.82, 2.24) is 0 Å². The summed E-state index contributed by atoms with van der Waals surface area (Å²) in [6, 6.07) is 9.59. The molecule has 0 unspecified atom stereocenters. The molecule has 4 heteroatoms. The average molecular weight is 252 g/mol. The van der Waals surface area contributed by atoms with Gasteiger partial charge >= 0.3 is 5.97 Å². The van der Waals surface area contributed by atoms with Gasteiger partial charge in [-0.05, 0) is 18.1 Å². The molecular weight excluding hydrogens is 236 g/mol. The summed E-state index contributed by atoms with van der Waals surface area (Å²) < 4.78 is 5.21. The van der Waals surface area contributed by atoms with E-state index in [4.69, 9.17) is 4.74 Å². The smallest absolute Gasteiger partial charge is 0.322 e. The highest BCUT2D eigenvalue weighted by molar-refractivity contribution is 8.00. The van der Waals surface area contributed by atoms with Gasteiger partial charge in [0.05, 0.1) is 0 Å². The molecule has 0 bridgehead atoms. The fourth-order valence-corrected chi connectivity index (χ4v) is 2.93. The molecule has 1 saturated heterocycles. The Labute approximate surface area is 105 Å². The molecular formula is C13H16O3S. The molecule has 0 aromatic heterocycles. The second-order valence-corrected chi connectivity index (χ2v) is 5.70. The van der Waals surface area contributed by atoms with E-state index in [1.165, 1.54) is 11.8 Å². The number of benzene rings is 1. The van der Waals surface area contributed by atoms with Gasteiger partial charge in [0, 0.05) is 4.90 Å². The number of carbonyl (C=O) groups is 1. The van der Waals surface area contributed by atoms with Crippen LogP contribution >= 0.6 is 11.8 Å². The highest BCUT2D eigenvalue weighted by Crippen LogP contribution is 2.34. The lowest BCUT2D eigenvalue weighted by molar-refractivity contribution is -0.143. The molecule has 0 spiro atoms. The van der Waals surface area contributed by atoms with E-state index in [9.17, 15) is 9.90 Å². The van der Waals surface area contributed by atoms with Crippen LogP contribution in [0.1, 0.15) is 13.8 Å². The maximum Gasteiger partial charge on any atom is 0.322 e. The van der Waals surface area contributed by atoms with E-state index >= 15 is 0 Å². The molecule has 0 amide bonds. The first-order valence-corrected chi connectivity index (χ1v) is 6.58. The summed E-state index contributed by atoms with van der Waals surface area (Å²) in [5, 5.41) is 9.57. The maximum absolute atomic E-state index is 11.7. The highest BCUT2D eigenvalue weighted by atomic mass is 32.2. The van der Waals surface area contributed by atoms with Crippen molar-refractivity contribution >= 4 is 17.7 Å². The number of ether oxygens (including phenoxy) is 1. The Hall–Kier alpha value is -1.00. The zero-order chi connectivity index (χ0) is 12.4. The number of aliphatic hydroxyl groups is 1. The van der Waals surface area contributed by atoms with Gasteiger partial charge in [0.1, 0.15) is 17.5 Å². The number of hydrogen-bond acceptors (Lipinski definition) is 4. The summed E-state index contributed by atoms with van der Waals surface area (Å²) in [6.45, 7) is 3.88. The van der Waals surface area contributed by atoms with Crippen molar-refractivity contribution in [3.63, 3.8) is 0 Å². The molecule has 1 aromatic rings. The molecule has 1 aliphatic heterocycles. The van der Waals surface area contributed by atoms with Crippen molar-refractivity contribution < 1.29 is 14.6 Å². The van der Waals surface area contributed by atoms with Crippen molar-refractivity contribution in [2.75, 3.05) is 0 Å². The Balaban J connectivity index is 2.09. The fraction of sp³-hybridized carbons (Fsp3) is 0.462. The van der Waals surface area contributed by atoms with Crippen LogP contribution in [0.4, 0.5) is 0 Å². The lowest BCUT2D eigenvalue weighted by Crippen LogP contribution is -2.32. The Morgan fingerprint density at radius 3 is 2.47 bits per heavy atom. The van der Waals surface area contributed by atoms with Crippen molar-refractivity contribution in [2.45, 2.75) is 36.2 Å². The molecule has 1 aromatic carbocycles. The summed E-state index contributed by atoms with van der Waals surface area (Å²) in [5.74, 6) is -0.180. The van der Waals surface area contributed by atoms with Gasteiger partial charge in [0.25, 0.3) is 0 Å². The minimum atomic E-state index is -0.729. The first-order valence-electron chi connectivity index (χ1n) is 5.70. The normalized spacial score (nSPS) is 28.5. The SMILES string of the molecule is CC(C)[C@H]1OC(=O)[C@@H](Sc2ccccc2)[C@H]1O. The van der Waals surface area contributed by atoms with Crippen LogP contribution in [0.2, 0.25) is 0 Å². The standard InChI is InChI=1S/C13H16O3S/c1-8(2)11-10(14)12(13(15)16-11)17-9-6-4-3-5-7-9/h3-8,10-12,14H,1-2H3/t10-,11+,12-/m0/s1. The van der Waals surface area contributed by atoms with Crippen molar-refractivity contribution in [1.29, 1.82) is 0 Å². The molecule has 3 atom stereocenters. The predicted octanol–water partition coefficient (Wildman–Crippen LogP) is 2.09.